The van der Waals surface area contributed by atoms with E-state index in [9.17, 15) is 9.90 Å². The predicted octanol–water partition coefficient (Wildman–Crippen LogP) is 5.12. The summed E-state index contributed by atoms with van der Waals surface area (Å²) in [6.07, 6.45) is 8.01. The van der Waals surface area contributed by atoms with Crippen LogP contribution in [-0.2, 0) is 23.8 Å². The highest BCUT2D eigenvalue weighted by Crippen LogP contribution is 2.29. The molecule has 2 aromatic carbocycles. The molecule has 2 heterocycles. The lowest BCUT2D eigenvalue weighted by atomic mass is 10.0. The van der Waals surface area contributed by atoms with Crippen LogP contribution in [0.1, 0.15) is 37.9 Å². The minimum Gasteiger partial charge on any atom is -0.497 e. The quantitative estimate of drug-likeness (QED) is 0.143. The van der Waals surface area contributed by atoms with Gasteiger partial charge in [-0.3, -0.25) is 4.79 Å². The number of nitrogens with zero attached hydrogens (tertiary/aromatic N) is 1. The summed E-state index contributed by atoms with van der Waals surface area (Å²) in [6.45, 7) is 5.31. The Morgan fingerprint density at radius 1 is 0.952 bits per heavy atom. The van der Waals surface area contributed by atoms with E-state index in [1.807, 2.05) is 78.9 Å². The van der Waals surface area contributed by atoms with Gasteiger partial charge in [-0.2, -0.15) is 0 Å². The van der Waals surface area contributed by atoms with Crippen molar-refractivity contribution in [3.63, 3.8) is 0 Å². The Morgan fingerprint density at radius 3 is 2.40 bits per heavy atom. The van der Waals surface area contributed by atoms with Gasteiger partial charge in [0.05, 0.1) is 32.0 Å². The van der Waals surface area contributed by atoms with E-state index in [-0.39, 0.29) is 37.8 Å². The molecule has 0 radical (unpaired) electrons. The van der Waals surface area contributed by atoms with Crippen LogP contribution in [0.2, 0.25) is 0 Å². The van der Waals surface area contributed by atoms with Gasteiger partial charge in [0.1, 0.15) is 42.5 Å². The van der Waals surface area contributed by atoms with E-state index in [1.165, 1.54) is 0 Å². The Kier molecular flexibility index (Phi) is 11.8. The lowest BCUT2D eigenvalue weighted by Gasteiger charge is -2.32. The van der Waals surface area contributed by atoms with Crippen molar-refractivity contribution in [2.24, 2.45) is 5.16 Å². The number of carbonyl (C=O) groups excluding carboxylic acids is 1. The Balaban J connectivity index is 1.30. The average molecular weight is 578 g/mol. The maximum absolute atomic E-state index is 12.7. The summed E-state index contributed by atoms with van der Waals surface area (Å²) >= 11 is 0. The van der Waals surface area contributed by atoms with Crippen LogP contribution in [0.15, 0.2) is 96.7 Å². The van der Waals surface area contributed by atoms with Crippen molar-refractivity contribution in [2.45, 2.75) is 62.8 Å². The van der Waals surface area contributed by atoms with Crippen LogP contribution < -0.4 is 9.47 Å². The molecular weight excluding hydrogens is 538 g/mol. The number of hydrogen-bond acceptors (Lipinski definition) is 9. The maximum Gasteiger partial charge on any atom is 0.306 e. The summed E-state index contributed by atoms with van der Waals surface area (Å²) in [5.74, 6) is 0.988. The third kappa shape index (κ3) is 9.04. The lowest BCUT2D eigenvalue weighted by molar-refractivity contribution is -0.152. The number of oxime groups is 1. The second-order valence-electron chi connectivity index (χ2n) is 10.0. The van der Waals surface area contributed by atoms with Gasteiger partial charge in [0.15, 0.2) is 6.10 Å². The Hall–Kier alpha value is -3.92. The average Bonchev–Trinajstić information content (AvgIpc) is 3.03. The zero-order valence-electron chi connectivity index (χ0n) is 24.0. The summed E-state index contributed by atoms with van der Waals surface area (Å²) in [6, 6.07) is 17.1. The number of benzene rings is 2. The molecule has 0 spiro atoms. The van der Waals surface area contributed by atoms with Crippen molar-refractivity contribution in [3.8, 4) is 11.5 Å². The van der Waals surface area contributed by atoms with Crippen molar-refractivity contribution >= 4 is 11.7 Å². The first-order chi connectivity index (χ1) is 20.5. The molecule has 224 valence electrons. The normalized spacial score (nSPS) is 25.5. The highest BCUT2D eigenvalue weighted by Gasteiger charge is 2.31. The molecule has 2 aromatic rings. The molecule has 0 aliphatic carbocycles. The molecule has 9 heteroatoms. The molecule has 9 nitrogen and oxygen atoms in total. The molecule has 0 amide bonds. The zero-order valence-corrected chi connectivity index (χ0v) is 24.0. The van der Waals surface area contributed by atoms with Crippen LogP contribution in [0.5, 0.6) is 11.5 Å². The third-order valence-electron chi connectivity index (χ3n) is 6.86. The number of aliphatic hydroxyl groups excluding tert-OH is 1. The molecule has 0 aromatic heterocycles. The van der Waals surface area contributed by atoms with Gasteiger partial charge in [0.2, 0.25) is 0 Å². The fourth-order valence-electron chi connectivity index (χ4n) is 4.52. The SMILES string of the molecule is C=CC[C@@H]1C=C[C@H](ON=C(C)CCC(=O)OC[C@H]2O[C@H](c3ccccc3)C=C[C@@H]2Oc2ccc(OC)cc2)[C@@H](CO)O1. The second-order valence-corrected chi connectivity index (χ2v) is 10.0. The standard InChI is InChI=1S/C33H39NO8/c1-4-8-26-16-17-30(31(21-35)40-26)42-34-23(2)11-20-33(36)38-22-32-29(39-27-14-12-25(37-3)13-15-27)19-18-28(41-32)24-9-6-5-7-10-24/h4-7,9-10,12-19,26,28-32,35H,1,8,11,20-22H2,2-3H3/t26-,28+,29+,30+,31-,32-/m1/s1. The molecule has 0 saturated carbocycles. The van der Waals surface area contributed by atoms with Crippen LogP contribution in [0, 0.1) is 0 Å². The maximum atomic E-state index is 12.7. The van der Waals surface area contributed by atoms with E-state index >= 15 is 0 Å². The summed E-state index contributed by atoms with van der Waals surface area (Å²) in [7, 11) is 1.61. The van der Waals surface area contributed by atoms with Gasteiger partial charge in [-0.15, -0.1) is 6.58 Å². The summed E-state index contributed by atoms with van der Waals surface area (Å²) in [5.41, 5.74) is 1.62. The first kappa shape index (κ1) is 31.0. The Morgan fingerprint density at radius 2 is 1.69 bits per heavy atom. The van der Waals surface area contributed by atoms with E-state index in [4.69, 9.17) is 28.5 Å². The summed E-state index contributed by atoms with van der Waals surface area (Å²) < 4.78 is 29.1. The van der Waals surface area contributed by atoms with Gasteiger partial charge >= 0.3 is 5.97 Å². The van der Waals surface area contributed by atoms with Crippen LogP contribution in [0.4, 0.5) is 0 Å². The zero-order chi connectivity index (χ0) is 29.7. The Bertz CT molecular complexity index is 1230. The molecule has 0 saturated heterocycles. The fraction of sp³-hybridized carbons (Fsp3) is 0.394. The number of methoxy groups -OCH3 is 1. The Labute approximate surface area is 247 Å². The smallest absolute Gasteiger partial charge is 0.306 e. The second kappa shape index (κ2) is 15.9. The fourth-order valence-corrected chi connectivity index (χ4v) is 4.52. The minimum absolute atomic E-state index is 0.0221. The topological polar surface area (TPSA) is 105 Å². The minimum atomic E-state index is -0.529. The molecule has 4 rings (SSSR count). The van der Waals surface area contributed by atoms with E-state index in [0.29, 0.717) is 24.3 Å². The van der Waals surface area contributed by atoms with Gasteiger partial charge in [-0.05, 0) is 61.7 Å². The molecule has 2 aliphatic heterocycles. The number of aliphatic hydroxyl groups is 1. The van der Waals surface area contributed by atoms with Gasteiger partial charge in [-0.25, -0.2) is 0 Å². The molecule has 1 N–H and O–H groups in total. The summed E-state index contributed by atoms with van der Waals surface area (Å²) in [4.78, 5) is 18.2. The number of carbonyl (C=O) groups is 1. The molecule has 0 unspecified atom stereocenters. The number of rotatable bonds is 14. The molecule has 2 aliphatic rings. The molecular formula is C33H39NO8. The summed E-state index contributed by atoms with van der Waals surface area (Å²) in [5, 5.41) is 13.8. The van der Waals surface area contributed by atoms with Crippen LogP contribution >= 0.6 is 0 Å². The number of ether oxygens (including phenoxy) is 5. The van der Waals surface area contributed by atoms with Crippen molar-refractivity contribution in [1.82, 2.24) is 0 Å². The largest absolute Gasteiger partial charge is 0.497 e. The van der Waals surface area contributed by atoms with E-state index in [0.717, 1.165) is 11.3 Å². The third-order valence-corrected chi connectivity index (χ3v) is 6.86. The van der Waals surface area contributed by atoms with Gasteiger partial charge in [0.25, 0.3) is 0 Å². The first-order valence-electron chi connectivity index (χ1n) is 14.1. The number of esters is 1. The van der Waals surface area contributed by atoms with E-state index in [1.54, 1.807) is 20.1 Å². The van der Waals surface area contributed by atoms with Crippen molar-refractivity contribution in [1.29, 1.82) is 0 Å². The van der Waals surface area contributed by atoms with Crippen molar-refractivity contribution in [3.05, 3.63) is 97.1 Å². The lowest BCUT2D eigenvalue weighted by Crippen LogP contribution is -2.40. The molecule has 42 heavy (non-hydrogen) atoms. The van der Waals surface area contributed by atoms with Crippen molar-refractivity contribution < 1.29 is 38.4 Å². The van der Waals surface area contributed by atoms with E-state index in [2.05, 4.69) is 11.7 Å². The van der Waals surface area contributed by atoms with Crippen molar-refractivity contribution in [2.75, 3.05) is 20.3 Å². The van der Waals surface area contributed by atoms with Gasteiger partial charge < -0.3 is 33.6 Å². The van der Waals surface area contributed by atoms with Crippen LogP contribution in [-0.4, -0.2) is 67.6 Å². The van der Waals surface area contributed by atoms with Gasteiger partial charge in [0, 0.05) is 0 Å². The molecule has 6 atom stereocenters. The first-order valence-corrected chi connectivity index (χ1v) is 14.1. The monoisotopic (exact) mass is 577 g/mol. The molecule has 0 fully saturated rings. The van der Waals surface area contributed by atoms with Crippen LogP contribution in [0.3, 0.4) is 0 Å². The van der Waals surface area contributed by atoms with E-state index < -0.39 is 24.4 Å². The highest BCUT2D eigenvalue weighted by molar-refractivity contribution is 5.85. The van der Waals surface area contributed by atoms with Crippen LogP contribution in [0.25, 0.3) is 0 Å². The predicted molar refractivity (Wildman–Crippen MR) is 158 cm³/mol. The van der Waals surface area contributed by atoms with Gasteiger partial charge in [-0.1, -0.05) is 53.7 Å². The highest BCUT2D eigenvalue weighted by atomic mass is 16.7. The molecule has 0 bridgehead atoms. The number of hydrogen-bond donors (Lipinski definition) is 1.